The number of methoxy groups -OCH3 is 1. The van der Waals surface area contributed by atoms with Crippen LogP contribution in [0.3, 0.4) is 0 Å². The second kappa shape index (κ2) is 11.8. The average molecular weight is 384 g/mol. The van der Waals surface area contributed by atoms with E-state index in [9.17, 15) is 4.79 Å². The molecule has 1 N–H and O–H groups in total. The predicted molar refractivity (Wildman–Crippen MR) is 110 cm³/mol. The van der Waals surface area contributed by atoms with Crippen molar-refractivity contribution in [2.45, 2.75) is 32.8 Å². The van der Waals surface area contributed by atoms with Gasteiger partial charge < -0.3 is 14.2 Å². The van der Waals surface area contributed by atoms with E-state index in [0.717, 1.165) is 29.7 Å². The van der Waals surface area contributed by atoms with Crippen molar-refractivity contribution in [1.29, 1.82) is 0 Å². The Morgan fingerprint density at radius 3 is 2.46 bits per heavy atom. The fraction of sp³-hybridized carbons (Fsp3) is 0.364. The highest BCUT2D eigenvalue weighted by atomic mass is 16.5. The summed E-state index contributed by atoms with van der Waals surface area (Å²) < 4.78 is 16.8. The maximum absolute atomic E-state index is 12.4. The number of hydrogen-bond acceptors (Lipinski definition) is 5. The van der Waals surface area contributed by atoms with Gasteiger partial charge in [0.1, 0.15) is 11.5 Å². The molecule has 0 aliphatic rings. The third-order valence-corrected chi connectivity index (χ3v) is 3.87. The first kappa shape index (κ1) is 21.4. The third-order valence-electron chi connectivity index (χ3n) is 3.87. The van der Waals surface area contributed by atoms with Crippen molar-refractivity contribution < 1.29 is 19.0 Å². The smallest absolute Gasteiger partial charge is 0.273 e. The number of hydrazone groups is 1. The summed E-state index contributed by atoms with van der Waals surface area (Å²) in [5, 5.41) is 4.07. The summed E-state index contributed by atoms with van der Waals surface area (Å²) in [7, 11) is 1.49. The number of ether oxygens (including phenoxy) is 3. The van der Waals surface area contributed by atoms with Gasteiger partial charge in [-0.1, -0.05) is 44.2 Å². The molecule has 0 aliphatic carbocycles. The minimum atomic E-state index is -0.723. The average Bonchev–Trinajstić information content (AvgIpc) is 2.73. The van der Waals surface area contributed by atoms with E-state index in [1.807, 2.05) is 55.5 Å². The number of amides is 1. The molecule has 28 heavy (non-hydrogen) atoms. The zero-order chi connectivity index (χ0) is 20.2. The number of benzene rings is 2. The van der Waals surface area contributed by atoms with Gasteiger partial charge in [-0.2, -0.15) is 5.10 Å². The van der Waals surface area contributed by atoms with Crippen LogP contribution in [0.5, 0.6) is 11.5 Å². The van der Waals surface area contributed by atoms with Crippen LogP contribution in [-0.2, 0) is 9.53 Å². The van der Waals surface area contributed by atoms with Crippen LogP contribution in [0.4, 0.5) is 0 Å². The number of carbonyl (C=O) groups is 1. The Morgan fingerprint density at radius 1 is 1.07 bits per heavy atom. The van der Waals surface area contributed by atoms with Crippen molar-refractivity contribution in [3.63, 3.8) is 0 Å². The van der Waals surface area contributed by atoms with Gasteiger partial charge in [0.25, 0.3) is 5.91 Å². The second-order valence-electron chi connectivity index (χ2n) is 6.16. The summed E-state index contributed by atoms with van der Waals surface area (Å²) in [6, 6.07) is 14.8. The Labute approximate surface area is 166 Å². The number of rotatable bonds is 11. The van der Waals surface area contributed by atoms with E-state index in [4.69, 9.17) is 14.2 Å². The van der Waals surface area contributed by atoms with E-state index < -0.39 is 6.10 Å². The molecule has 0 radical (unpaired) electrons. The molecule has 2 aromatic rings. The highest BCUT2D eigenvalue weighted by Crippen LogP contribution is 2.24. The van der Waals surface area contributed by atoms with Crippen LogP contribution in [0.15, 0.2) is 53.6 Å². The number of hydrogen-bond donors (Lipinski definition) is 1. The first-order chi connectivity index (χ1) is 13.7. The molecule has 6 nitrogen and oxygen atoms in total. The normalized spacial score (nSPS) is 12.0. The molecule has 0 saturated heterocycles. The SMILES string of the molecule is CCCOc1ccc(/C=N\NC(=O)[C@@H](OC)c2ccccc2)c(OCCC)c1. The number of carbonyl (C=O) groups excluding carboxylic acids is 1. The van der Waals surface area contributed by atoms with E-state index in [2.05, 4.69) is 17.5 Å². The molecule has 2 rings (SSSR count). The van der Waals surface area contributed by atoms with E-state index in [-0.39, 0.29) is 5.91 Å². The molecule has 0 heterocycles. The second-order valence-corrected chi connectivity index (χ2v) is 6.16. The topological polar surface area (TPSA) is 69.2 Å². The van der Waals surface area contributed by atoms with Crippen molar-refractivity contribution in [2.24, 2.45) is 5.10 Å². The first-order valence-electron chi connectivity index (χ1n) is 9.49. The zero-order valence-corrected chi connectivity index (χ0v) is 16.7. The van der Waals surface area contributed by atoms with E-state index in [0.29, 0.717) is 19.0 Å². The Morgan fingerprint density at radius 2 is 1.79 bits per heavy atom. The molecule has 0 saturated carbocycles. The fourth-order valence-corrected chi connectivity index (χ4v) is 2.51. The lowest BCUT2D eigenvalue weighted by molar-refractivity contribution is -0.131. The Balaban J connectivity index is 2.08. The molecule has 6 heteroatoms. The Kier molecular flexibility index (Phi) is 9.01. The Bertz CT molecular complexity index is 762. The van der Waals surface area contributed by atoms with E-state index in [1.165, 1.54) is 7.11 Å². The molecule has 0 fully saturated rings. The van der Waals surface area contributed by atoms with Gasteiger partial charge in [0.05, 0.1) is 19.4 Å². The van der Waals surface area contributed by atoms with Gasteiger partial charge in [-0.25, -0.2) is 5.43 Å². The number of nitrogens with one attached hydrogen (secondary N) is 1. The lowest BCUT2D eigenvalue weighted by Gasteiger charge is -2.14. The van der Waals surface area contributed by atoms with Gasteiger partial charge in [0.2, 0.25) is 0 Å². The van der Waals surface area contributed by atoms with Crippen molar-refractivity contribution >= 4 is 12.1 Å². The highest BCUT2D eigenvalue weighted by Gasteiger charge is 2.19. The molecule has 2 aromatic carbocycles. The number of nitrogens with zero attached hydrogens (tertiary/aromatic N) is 1. The summed E-state index contributed by atoms with van der Waals surface area (Å²) in [5.74, 6) is 1.07. The van der Waals surface area contributed by atoms with Crippen molar-refractivity contribution in [2.75, 3.05) is 20.3 Å². The molecule has 0 spiro atoms. The molecule has 1 atom stereocenters. The highest BCUT2D eigenvalue weighted by molar-refractivity contribution is 5.87. The third kappa shape index (κ3) is 6.39. The lowest BCUT2D eigenvalue weighted by atomic mass is 10.1. The quantitative estimate of drug-likeness (QED) is 0.468. The van der Waals surface area contributed by atoms with Crippen LogP contribution in [0.1, 0.15) is 43.9 Å². The lowest BCUT2D eigenvalue weighted by Crippen LogP contribution is -2.26. The van der Waals surface area contributed by atoms with Gasteiger partial charge in [-0.15, -0.1) is 0 Å². The molecular weight excluding hydrogens is 356 g/mol. The minimum absolute atomic E-state index is 0.344. The van der Waals surface area contributed by atoms with Gasteiger partial charge in [0, 0.05) is 18.7 Å². The molecule has 0 aromatic heterocycles. The van der Waals surface area contributed by atoms with Crippen LogP contribution in [-0.4, -0.2) is 32.4 Å². The monoisotopic (exact) mass is 384 g/mol. The van der Waals surface area contributed by atoms with Crippen LogP contribution in [0.25, 0.3) is 0 Å². The van der Waals surface area contributed by atoms with Crippen LogP contribution >= 0.6 is 0 Å². The molecule has 0 aliphatic heterocycles. The minimum Gasteiger partial charge on any atom is -0.493 e. The van der Waals surface area contributed by atoms with Crippen molar-refractivity contribution in [3.05, 3.63) is 59.7 Å². The molecule has 150 valence electrons. The largest absolute Gasteiger partial charge is 0.493 e. The van der Waals surface area contributed by atoms with Gasteiger partial charge in [-0.3, -0.25) is 4.79 Å². The summed E-state index contributed by atoms with van der Waals surface area (Å²) in [4.78, 5) is 12.4. The van der Waals surface area contributed by atoms with Gasteiger partial charge >= 0.3 is 0 Å². The fourth-order valence-electron chi connectivity index (χ4n) is 2.51. The maximum Gasteiger partial charge on any atom is 0.273 e. The van der Waals surface area contributed by atoms with Gasteiger partial charge in [0.15, 0.2) is 6.10 Å². The molecule has 1 amide bonds. The molecule has 0 unspecified atom stereocenters. The van der Waals surface area contributed by atoms with Crippen LogP contribution < -0.4 is 14.9 Å². The summed E-state index contributed by atoms with van der Waals surface area (Å²) in [6.07, 6.45) is 2.66. The van der Waals surface area contributed by atoms with E-state index >= 15 is 0 Å². The predicted octanol–water partition coefficient (Wildman–Crippen LogP) is 4.10. The first-order valence-corrected chi connectivity index (χ1v) is 9.49. The summed E-state index contributed by atoms with van der Waals surface area (Å²) in [6.45, 7) is 5.33. The Hall–Kier alpha value is -2.86. The summed E-state index contributed by atoms with van der Waals surface area (Å²) in [5.41, 5.74) is 4.05. The van der Waals surface area contributed by atoms with Gasteiger partial charge in [-0.05, 0) is 30.5 Å². The molecule has 0 bridgehead atoms. The van der Waals surface area contributed by atoms with Crippen LogP contribution in [0.2, 0.25) is 0 Å². The zero-order valence-electron chi connectivity index (χ0n) is 16.7. The summed E-state index contributed by atoms with van der Waals surface area (Å²) >= 11 is 0. The van der Waals surface area contributed by atoms with Crippen molar-refractivity contribution in [1.82, 2.24) is 5.43 Å². The van der Waals surface area contributed by atoms with E-state index in [1.54, 1.807) is 6.21 Å². The molecular formula is C22H28N2O4. The maximum atomic E-state index is 12.4. The standard InChI is InChI=1S/C22H28N2O4/c1-4-13-27-19-12-11-18(20(15-19)28-14-5-2)16-23-24-22(25)21(26-3)17-9-7-6-8-10-17/h6-12,15-16,21H,4-5,13-14H2,1-3H3,(H,24,25)/b23-16-/t21-/m0/s1. The van der Waals surface area contributed by atoms with Crippen molar-refractivity contribution in [3.8, 4) is 11.5 Å². The van der Waals surface area contributed by atoms with Crippen LogP contribution in [0, 0.1) is 0 Å².